The molecule has 1 aromatic carbocycles. The van der Waals surface area contributed by atoms with Crippen LogP contribution in [0.2, 0.25) is 0 Å². The van der Waals surface area contributed by atoms with Crippen LogP contribution in [0.5, 0.6) is 0 Å². The normalized spacial score (nSPS) is 11.4. The smallest absolute Gasteiger partial charge is 0.270 e. The number of furan rings is 1. The summed E-state index contributed by atoms with van der Waals surface area (Å²) in [6, 6.07) is 12.5. The number of hydrogen-bond acceptors (Lipinski definition) is 5. The van der Waals surface area contributed by atoms with Crippen LogP contribution in [0.3, 0.4) is 0 Å². The van der Waals surface area contributed by atoms with Gasteiger partial charge in [0.25, 0.3) is 5.91 Å². The Morgan fingerprint density at radius 2 is 1.89 bits per heavy atom. The third-order valence-electron chi connectivity index (χ3n) is 3.69. The number of aromatic nitrogens is 1. The van der Waals surface area contributed by atoms with Gasteiger partial charge in [0.05, 0.1) is 23.1 Å². The lowest BCUT2D eigenvalue weighted by Crippen LogP contribution is -2.43. The van der Waals surface area contributed by atoms with Crippen LogP contribution >= 0.6 is 11.8 Å². The standard InChI is InChI=1S/C20H21N3O3S/c1-20(2,3)27-12-18(24)22-23-19(25)14-11-16(17-9-6-10-26-17)21-15-8-5-4-7-13(14)15/h4-11H,12H2,1-3H3,(H,22,24)(H,23,25). The summed E-state index contributed by atoms with van der Waals surface area (Å²) in [6.07, 6.45) is 1.55. The van der Waals surface area contributed by atoms with E-state index in [0.29, 0.717) is 27.9 Å². The number of nitrogens with one attached hydrogen (secondary N) is 2. The number of hydrazine groups is 1. The van der Waals surface area contributed by atoms with E-state index in [-0.39, 0.29) is 16.4 Å². The SMILES string of the molecule is CC(C)(C)SCC(=O)NNC(=O)c1cc(-c2ccco2)nc2ccccc12. The fourth-order valence-electron chi connectivity index (χ4n) is 2.43. The number of carbonyl (C=O) groups excluding carboxylic acids is 2. The van der Waals surface area contributed by atoms with Crippen LogP contribution in [0.25, 0.3) is 22.4 Å². The number of rotatable bonds is 4. The van der Waals surface area contributed by atoms with Gasteiger partial charge in [0.2, 0.25) is 5.91 Å². The molecule has 7 heteroatoms. The summed E-state index contributed by atoms with van der Waals surface area (Å²) in [6.45, 7) is 6.09. The Bertz CT molecular complexity index is 962. The molecule has 140 valence electrons. The molecule has 2 aromatic heterocycles. The molecule has 0 radical (unpaired) electrons. The zero-order valence-electron chi connectivity index (χ0n) is 15.4. The molecule has 0 atom stereocenters. The summed E-state index contributed by atoms with van der Waals surface area (Å²) in [5.41, 5.74) is 6.60. The fraction of sp³-hybridized carbons (Fsp3) is 0.250. The van der Waals surface area contributed by atoms with E-state index in [0.717, 1.165) is 0 Å². The van der Waals surface area contributed by atoms with Crippen LogP contribution in [-0.2, 0) is 4.79 Å². The number of para-hydroxylation sites is 1. The van der Waals surface area contributed by atoms with E-state index in [9.17, 15) is 9.59 Å². The molecule has 0 saturated carbocycles. The van der Waals surface area contributed by atoms with Crippen molar-refractivity contribution in [1.82, 2.24) is 15.8 Å². The van der Waals surface area contributed by atoms with E-state index in [1.165, 1.54) is 11.8 Å². The van der Waals surface area contributed by atoms with Crippen molar-refractivity contribution in [1.29, 1.82) is 0 Å². The molecular formula is C20H21N3O3S. The van der Waals surface area contributed by atoms with Crippen molar-refractivity contribution in [2.45, 2.75) is 25.5 Å². The van der Waals surface area contributed by atoms with E-state index in [4.69, 9.17) is 4.42 Å². The minimum atomic E-state index is -0.407. The van der Waals surface area contributed by atoms with Crippen LogP contribution in [-0.4, -0.2) is 27.3 Å². The van der Waals surface area contributed by atoms with E-state index in [1.54, 1.807) is 24.5 Å². The predicted molar refractivity (Wildman–Crippen MR) is 107 cm³/mol. The summed E-state index contributed by atoms with van der Waals surface area (Å²) in [5.74, 6) is 0.169. The second kappa shape index (κ2) is 7.84. The number of nitrogens with zero attached hydrogens (tertiary/aromatic N) is 1. The lowest BCUT2D eigenvalue weighted by Gasteiger charge is -2.17. The first-order valence-corrected chi connectivity index (χ1v) is 9.49. The zero-order valence-corrected chi connectivity index (χ0v) is 16.2. The molecule has 3 rings (SSSR count). The minimum Gasteiger partial charge on any atom is -0.463 e. The van der Waals surface area contributed by atoms with E-state index >= 15 is 0 Å². The number of thioether (sulfide) groups is 1. The van der Waals surface area contributed by atoms with Crippen LogP contribution in [0.15, 0.2) is 53.1 Å². The number of benzene rings is 1. The summed E-state index contributed by atoms with van der Waals surface area (Å²) in [5, 5.41) is 0.698. The second-order valence-corrected chi connectivity index (χ2v) is 8.75. The Balaban J connectivity index is 1.80. The molecule has 0 saturated heterocycles. The van der Waals surface area contributed by atoms with Crippen molar-refractivity contribution in [2.24, 2.45) is 0 Å². The molecule has 2 heterocycles. The monoisotopic (exact) mass is 383 g/mol. The van der Waals surface area contributed by atoms with E-state index in [2.05, 4.69) is 15.8 Å². The van der Waals surface area contributed by atoms with Crippen molar-refractivity contribution in [2.75, 3.05) is 5.75 Å². The molecule has 6 nitrogen and oxygen atoms in total. The summed E-state index contributed by atoms with van der Waals surface area (Å²) >= 11 is 1.51. The highest BCUT2D eigenvalue weighted by Crippen LogP contribution is 2.25. The second-order valence-electron chi connectivity index (χ2n) is 6.95. The minimum absolute atomic E-state index is 0.0272. The third-order valence-corrected chi connectivity index (χ3v) is 4.96. The fourth-order valence-corrected chi connectivity index (χ4v) is 3.06. The lowest BCUT2D eigenvalue weighted by atomic mass is 10.1. The highest BCUT2D eigenvalue weighted by atomic mass is 32.2. The maximum Gasteiger partial charge on any atom is 0.270 e. The molecule has 3 aromatic rings. The van der Waals surface area contributed by atoms with Crippen molar-refractivity contribution in [3.8, 4) is 11.5 Å². The predicted octanol–water partition coefficient (Wildman–Crippen LogP) is 3.79. The van der Waals surface area contributed by atoms with Gasteiger partial charge in [-0.15, -0.1) is 11.8 Å². The average molecular weight is 383 g/mol. The molecule has 0 aliphatic heterocycles. The maximum absolute atomic E-state index is 12.7. The summed E-state index contributed by atoms with van der Waals surface area (Å²) in [4.78, 5) is 29.2. The van der Waals surface area contributed by atoms with Gasteiger partial charge in [0.15, 0.2) is 5.76 Å². The van der Waals surface area contributed by atoms with Crippen LogP contribution < -0.4 is 10.9 Å². The Hall–Kier alpha value is -2.80. The molecule has 2 amide bonds. The van der Waals surface area contributed by atoms with Crippen molar-refractivity contribution in [3.63, 3.8) is 0 Å². The maximum atomic E-state index is 12.7. The molecule has 0 spiro atoms. The van der Waals surface area contributed by atoms with Crippen molar-refractivity contribution < 1.29 is 14.0 Å². The van der Waals surface area contributed by atoms with Gasteiger partial charge in [-0.25, -0.2) is 4.98 Å². The first-order valence-electron chi connectivity index (χ1n) is 8.50. The molecule has 0 bridgehead atoms. The van der Waals surface area contributed by atoms with E-state index in [1.807, 2.05) is 45.0 Å². The van der Waals surface area contributed by atoms with Crippen LogP contribution in [0.1, 0.15) is 31.1 Å². The largest absolute Gasteiger partial charge is 0.463 e. The molecule has 27 heavy (non-hydrogen) atoms. The Morgan fingerprint density at radius 3 is 2.59 bits per heavy atom. The molecule has 0 aliphatic rings. The topological polar surface area (TPSA) is 84.2 Å². The third kappa shape index (κ3) is 4.89. The first-order chi connectivity index (χ1) is 12.8. The van der Waals surface area contributed by atoms with Gasteiger partial charge < -0.3 is 4.42 Å². The molecule has 0 unspecified atom stereocenters. The van der Waals surface area contributed by atoms with Gasteiger partial charge in [-0.3, -0.25) is 20.4 Å². The first kappa shape index (κ1) is 19.0. The molecule has 2 N–H and O–H groups in total. The lowest BCUT2D eigenvalue weighted by molar-refractivity contribution is -0.119. The number of pyridine rings is 1. The van der Waals surface area contributed by atoms with Gasteiger partial charge in [0, 0.05) is 10.1 Å². The van der Waals surface area contributed by atoms with E-state index < -0.39 is 5.91 Å². The van der Waals surface area contributed by atoms with Gasteiger partial charge >= 0.3 is 0 Å². The molecule has 0 fully saturated rings. The van der Waals surface area contributed by atoms with Gasteiger partial charge in [-0.2, -0.15) is 0 Å². The number of carbonyl (C=O) groups is 2. The zero-order chi connectivity index (χ0) is 19.4. The average Bonchev–Trinajstić information content (AvgIpc) is 3.17. The highest BCUT2D eigenvalue weighted by molar-refractivity contribution is 8.01. The number of amides is 2. The Kier molecular flexibility index (Phi) is 5.51. The quantitative estimate of drug-likeness (QED) is 0.670. The highest BCUT2D eigenvalue weighted by Gasteiger charge is 2.17. The van der Waals surface area contributed by atoms with Crippen molar-refractivity contribution >= 4 is 34.5 Å². The number of hydrogen-bond donors (Lipinski definition) is 2. The summed E-state index contributed by atoms with van der Waals surface area (Å²) < 4.78 is 5.37. The van der Waals surface area contributed by atoms with Crippen LogP contribution in [0, 0.1) is 0 Å². The van der Waals surface area contributed by atoms with Crippen molar-refractivity contribution in [3.05, 3.63) is 54.3 Å². The van der Waals surface area contributed by atoms with Gasteiger partial charge in [-0.05, 0) is 24.3 Å². The molecular weight excluding hydrogens is 362 g/mol. The van der Waals surface area contributed by atoms with Crippen LogP contribution in [0.4, 0.5) is 0 Å². The van der Waals surface area contributed by atoms with Gasteiger partial charge in [0.1, 0.15) is 5.69 Å². The summed E-state index contributed by atoms with van der Waals surface area (Å²) in [7, 11) is 0. The van der Waals surface area contributed by atoms with Gasteiger partial charge in [-0.1, -0.05) is 39.0 Å². The molecule has 0 aliphatic carbocycles. The number of fused-ring (bicyclic) bond motifs is 1. The Morgan fingerprint density at radius 1 is 1.11 bits per heavy atom. The Labute approximate surface area is 161 Å².